The molecule has 4 nitrogen and oxygen atoms in total. The fourth-order valence-electron chi connectivity index (χ4n) is 1.89. The molecule has 0 aromatic rings. The van der Waals surface area contributed by atoms with Gasteiger partial charge in [0, 0.05) is 25.6 Å². The first kappa shape index (κ1) is 13.5. The Morgan fingerprint density at radius 1 is 1.50 bits per heavy atom. The van der Waals surface area contributed by atoms with Gasteiger partial charge in [0.25, 0.3) is 0 Å². The predicted molar refractivity (Wildman–Crippen MR) is 64.4 cm³/mol. The Morgan fingerprint density at radius 3 is 3.06 bits per heavy atom. The highest BCUT2D eigenvalue weighted by molar-refractivity contribution is 5.75. The van der Waals surface area contributed by atoms with E-state index in [-0.39, 0.29) is 5.91 Å². The molecule has 0 aromatic carbocycles. The largest absolute Gasteiger partial charge is 0.381 e. The number of amides is 1. The topological polar surface area (TPSA) is 50.4 Å². The van der Waals surface area contributed by atoms with Gasteiger partial charge in [0.1, 0.15) is 0 Å². The van der Waals surface area contributed by atoms with E-state index in [1.165, 1.54) is 12.8 Å². The molecule has 0 aromatic heterocycles. The smallest absolute Gasteiger partial charge is 0.222 e. The van der Waals surface area contributed by atoms with Crippen LogP contribution in [0.5, 0.6) is 0 Å². The van der Waals surface area contributed by atoms with Gasteiger partial charge in [0.05, 0.1) is 6.61 Å². The molecule has 4 heteroatoms. The Kier molecular flexibility index (Phi) is 7.17. The molecular weight excluding hydrogens is 204 g/mol. The van der Waals surface area contributed by atoms with Crippen LogP contribution in [-0.2, 0) is 9.53 Å². The lowest BCUT2D eigenvalue weighted by Crippen LogP contribution is -2.31. The van der Waals surface area contributed by atoms with Gasteiger partial charge in [-0.3, -0.25) is 4.79 Å². The zero-order valence-corrected chi connectivity index (χ0v) is 10.3. The maximum absolute atomic E-state index is 11.4. The van der Waals surface area contributed by atoms with Gasteiger partial charge in [-0.05, 0) is 32.2 Å². The molecule has 1 aliphatic rings. The number of carbonyl (C=O) groups excluding carboxylic acids is 1. The second kappa shape index (κ2) is 8.53. The molecule has 1 saturated heterocycles. The van der Waals surface area contributed by atoms with Crippen LogP contribution < -0.4 is 10.6 Å². The second-order valence-electron chi connectivity index (χ2n) is 4.29. The average Bonchev–Trinajstić information content (AvgIpc) is 2.77. The van der Waals surface area contributed by atoms with Crippen LogP contribution in [0.15, 0.2) is 0 Å². The fourth-order valence-corrected chi connectivity index (χ4v) is 1.89. The van der Waals surface area contributed by atoms with Crippen LogP contribution in [0.3, 0.4) is 0 Å². The van der Waals surface area contributed by atoms with Gasteiger partial charge in [0.2, 0.25) is 5.91 Å². The van der Waals surface area contributed by atoms with Crippen molar-refractivity contribution in [3.63, 3.8) is 0 Å². The normalized spacial score (nSPS) is 19.9. The van der Waals surface area contributed by atoms with Gasteiger partial charge in [-0.15, -0.1) is 0 Å². The Bertz CT molecular complexity index is 191. The summed E-state index contributed by atoms with van der Waals surface area (Å²) >= 11 is 0. The van der Waals surface area contributed by atoms with E-state index in [2.05, 4.69) is 17.6 Å². The third-order valence-electron chi connectivity index (χ3n) is 2.80. The molecule has 0 saturated carbocycles. The van der Waals surface area contributed by atoms with Crippen LogP contribution in [-0.4, -0.2) is 38.3 Å². The molecule has 0 unspecified atom stereocenters. The molecule has 1 heterocycles. The molecule has 0 bridgehead atoms. The fraction of sp³-hybridized carbons (Fsp3) is 0.917. The first-order valence-electron chi connectivity index (χ1n) is 6.40. The van der Waals surface area contributed by atoms with Crippen molar-refractivity contribution in [1.82, 2.24) is 10.6 Å². The lowest BCUT2D eigenvalue weighted by atomic mass is 10.1. The minimum atomic E-state index is 0.106. The summed E-state index contributed by atoms with van der Waals surface area (Å²) in [5, 5.41) is 6.34. The van der Waals surface area contributed by atoms with Crippen molar-refractivity contribution in [2.24, 2.45) is 0 Å². The van der Waals surface area contributed by atoms with E-state index in [0.717, 1.165) is 32.5 Å². The molecule has 1 atom stereocenters. The third-order valence-corrected chi connectivity index (χ3v) is 2.80. The van der Waals surface area contributed by atoms with Crippen LogP contribution in [0, 0.1) is 0 Å². The number of rotatable bonds is 8. The summed E-state index contributed by atoms with van der Waals surface area (Å²) in [5.41, 5.74) is 0. The highest BCUT2D eigenvalue weighted by Crippen LogP contribution is 2.07. The maximum Gasteiger partial charge on any atom is 0.222 e. The Hall–Kier alpha value is -0.610. The number of ether oxygens (including phenoxy) is 1. The van der Waals surface area contributed by atoms with E-state index in [4.69, 9.17) is 4.74 Å². The SMILES string of the molecule is CCCOCCC(=O)NCC[C@@H]1CCCN1. The highest BCUT2D eigenvalue weighted by Gasteiger charge is 2.13. The Labute approximate surface area is 98.1 Å². The maximum atomic E-state index is 11.4. The average molecular weight is 228 g/mol. The van der Waals surface area contributed by atoms with Crippen LogP contribution >= 0.6 is 0 Å². The van der Waals surface area contributed by atoms with Gasteiger partial charge in [-0.25, -0.2) is 0 Å². The minimum absolute atomic E-state index is 0.106. The van der Waals surface area contributed by atoms with Crippen molar-refractivity contribution in [2.45, 2.75) is 45.1 Å². The van der Waals surface area contributed by atoms with Crippen molar-refractivity contribution in [2.75, 3.05) is 26.3 Å². The van der Waals surface area contributed by atoms with Crippen LogP contribution in [0.1, 0.15) is 39.0 Å². The van der Waals surface area contributed by atoms with Crippen LogP contribution in [0.25, 0.3) is 0 Å². The van der Waals surface area contributed by atoms with Gasteiger partial charge in [0.15, 0.2) is 0 Å². The summed E-state index contributed by atoms with van der Waals surface area (Å²) in [5.74, 6) is 0.106. The first-order chi connectivity index (χ1) is 7.83. The summed E-state index contributed by atoms with van der Waals surface area (Å²) in [4.78, 5) is 11.4. The first-order valence-corrected chi connectivity index (χ1v) is 6.40. The van der Waals surface area contributed by atoms with Gasteiger partial charge < -0.3 is 15.4 Å². The molecule has 0 aliphatic carbocycles. The van der Waals surface area contributed by atoms with Gasteiger partial charge in [-0.2, -0.15) is 0 Å². The van der Waals surface area contributed by atoms with Crippen molar-refractivity contribution in [3.8, 4) is 0 Å². The third kappa shape index (κ3) is 6.08. The summed E-state index contributed by atoms with van der Waals surface area (Å²) in [6.07, 6.45) is 5.05. The summed E-state index contributed by atoms with van der Waals surface area (Å²) in [6, 6.07) is 0.608. The van der Waals surface area contributed by atoms with E-state index >= 15 is 0 Å². The zero-order valence-electron chi connectivity index (χ0n) is 10.3. The van der Waals surface area contributed by atoms with Crippen LogP contribution in [0.2, 0.25) is 0 Å². The lowest BCUT2D eigenvalue weighted by molar-refractivity contribution is -0.122. The molecule has 16 heavy (non-hydrogen) atoms. The quantitative estimate of drug-likeness (QED) is 0.611. The zero-order chi connectivity index (χ0) is 11.6. The Morgan fingerprint density at radius 2 is 2.38 bits per heavy atom. The number of carbonyl (C=O) groups is 1. The molecule has 1 rings (SSSR count). The van der Waals surface area contributed by atoms with Crippen molar-refractivity contribution < 1.29 is 9.53 Å². The molecule has 1 amide bonds. The van der Waals surface area contributed by atoms with E-state index in [1.54, 1.807) is 0 Å². The molecule has 0 spiro atoms. The van der Waals surface area contributed by atoms with Crippen LogP contribution in [0.4, 0.5) is 0 Å². The van der Waals surface area contributed by atoms with Gasteiger partial charge >= 0.3 is 0 Å². The highest BCUT2D eigenvalue weighted by atomic mass is 16.5. The number of hydrogen-bond donors (Lipinski definition) is 2. The van der Waals surface area contributed by atoms with E-state index in [9.17, 15) is 4.79 Å². The molecule has 2 N–H and O–H groups in total. The summed E-state index contributed by atoms with van der Waals surface area (Å²) in [7, 11) is 0. The standard InChI is InChI=1S/C12H24N2O2/c1-2-9-16-10-6-12(15)14-8-5-11-4-3-7-13-11/h11,13H,2-10H2,1H3,(H,14,15)/t11-/m0/s1. The van der Waals surface area contributed by atoms with Crippen molar-refractivity contribution in [3.05, 3.63) is 0 Å². The van der Waals surface area contributed by atoms with E-state index in [1.807, 2.05) is 0 Å². The molecule has 1 aliphatic heterocycles. The molecule has 1 fully saturated rings. The number of hydrogen-bond acceptors (Lipinski definition) is 3. The minimum Gasteiger partial charge on any atom is -0.381 e. The second-order valence-corrected chi connectivity index (χ2v) is 4.29. The number of nitrogens with one attached hydrogen (secondary N) is 2. The lowest BCUT2D eigenvalue weighted by Gasteiger charge is -2.10. The van der Waals surface area contributed by atoms with Crippen molar-refractivity contribution in [1.29, 1.82) is 0 Å². The Balaban J connectivity index is 1.89. The van der Waals surface area contributed by atoms with E-state index < -0.39 is 0 Å². The summed E-state index contributed by atoms with van der Waals surface area (Å²) < 4.78 is 5.26. The molecular formula is C12H24N2O2. The predicted octanol–water partition coefficient (Wildman–Crippen LogP) is 1.06. The van der Waals surface area contributed by atoms with Gasteiger partial charge in [-0.1, -0.05) is 6.92 Å². The van der Waals surface area contributed by atoms with Crippen molar-refractivity contribution >= 4 is 5.91 Å². The van der Waals surface area contributed by atoms with E-state index in [0.29, 0.717) is 19.1 Å². The summed E-state index contributed by atoms with van der Waals surface area (Å²) in [6.45, 7) is 5.27. The molecule has 94 valence electrons. The molecule has 0 radical (unpaired) electrons. The monoisotopic (exact) mass is 228 g/mol.